The Labute approximate surface area is 138 Å². The van der Waals surface area contributed by atoms with Gasteiger partial charge in [0.15, 0.2) is 6.61 Å². The largest absolute Gasteiger partial charge is 0.484 e. The van der Waals surface area contributed by atoms with Crippen LogP contribution in [-0.2, 0) is 4.79 Å². The van der Waals surface area contributed by atoms with Crippen molar-refractivity contribution in [2.75, 3.05) is 11.9 Å². The summed E-state index contributed by atoms with van der Waals surface area (Å²) in [6, 6.07) is 6.18. The fraction of sp³-hybridized carbons (Fsp3) is 0.588. The molecule has 3 rings (SSSR count). The van der Waals surface area contributed by atoms with Crippen LogP contribution >= 0.6 is 0 Å². The summed E-state index contributed by atoms with van der Waals surface area (Å²) >= 11 is 0. The zero-order chi connectivity index (χ0) is 17.2. The van der Waals surface area contributed by atoms with E-state index in [4.69, 9.17) is 0 Å². The third kappa shape index (κ3) is 4.41. The van der Waals surface area contributed by atoms with Crippen molar-refractivity contribution in [3.05, 3.63) is 24.3 Å². The van der Waals surface area contributed by atoms with E-state index in [9.17, 15) is 18.0 Å². The highest BCUT2D eigenvalue weighted by Gasteiger charge is 2.38. The van der Waals surface area contributed by atoms with Crippen LogP contribution in [-0.4, -0.2) is 30.8 Å². The Morgan fingerprint density at radius 1 is 1.21 bits per heavy atom. The van der Waals surface area contributed by atoms with Crippen LogP contribution in [0.3, 0.4) is 0 Å². The highest BCUT2D eigenvalue weighted by atomic mass is 19.4. The van der Waals surface area contributed by atoms with Gasteiger partial charge in [0.2, 0.25) is 5.91 Å². The van der Waals surface area contributed by atoms with Crippen molar-refractivity contribution in [3.63, 3.8) is 0 Å². The first-order valence-corrected chi connectivity index (χ1v) is 8.27. The maximum atomic E-state index is 12.3. The number of alkyl halides is 3. The molecule has 0 radical (unpaired) electrons. The average Bonchev–Trinajstić information content (AvgIpc) is 2.98. The quantitative estimate of drug-likeness (QED) is 0.881. The van der Waals surface area contributed by atoms with E-state index in [0.29, 0.717) is 17.6 Å². The molecule has 1 aromatic carbocycles. The summed E-state index contributed by atoms with van der Waals surface area (Å²) < 4.78 is 41.0. The predicted octanol–water partition coefficient (Wildman–Crippen LogP) is 3.49. The molecule has 2 N–H and O–H groups in total. The van der Waals surface area contributed by atoms with Crippen LogP contribution in [0.25, 0.3) is 0 Å². The van der Waals surface area contributed by atoms with Crippen molar-refractivity contribution in [2.45, 2.75) is 50.4 Å². The van der Waals surface area contributed by atoms with Crippen LogP contribution in [0.4, 0.5) is 18.9 Å². The van der Waals surface area contributed by atoms with E-state index in [1.807, 2.05) is 0 Å². The van der Waals surface area contributed by atoms with Gasteiger partial charge in [-0.3, -0.25) is 4.79 Å². The second kappa shape index (κ2) is 7.01. The molecular formula is C17H21F3N2O2. The molecule has 1 saturated carbocycles. The first-order valence-electron chi connectivity index (χ1n) is 8.27. The lowest BCUT2D eigenvalue weighted by molar-refractivity contribution is -0.153. The molecule has 1 aliphatic heterocycles. The van der Waals surface area contributed by atoms with Crippen LogP contribution in [0.15, 0.2) is 24.3 Å². The van der Waals surface area contributed by atoms with Gasteiger partial charge in [-0.25, -0.2) is 0 Å². The van der Waals surface area contributed by atoms with E-state index >= 15 is 0 Å². The van der Waals surface area contributed by atoms with Gasteiger partial charge in [0, 0.05) is 11.7 Å². The summed E-state index contributed by atoms with van der Waals surface area (Å²) in [6.07, 6.45) is 1.23. The lowest BCUT2D eigenvalue weighted by Gasteiger charge is -2.24. The average molecular weight is 342 g/mol. The van der Waals surface area contributed by atoms with Gasteiger partial charge in [-0.1, -0.05) is 12.8 Å². The zero-order valence-electron chi connectivity index (χ0n) is 13.2. The van der Waals surface area contributed by atoms with Crippen LogP contribution < -0.4 is 15.4 Å². The molecule has 2 fully saturated rings. The molecule has 1 saturated heterocycles. The van der Waals surface area contributed by atoms with Crippen LogP contribution in [0.2, 0.25) is 0 Å². The number of rotatable bonds is 4. The monoisotopic (exact) mass is 342 g/mol. The first kappa shape index (κ1) is 17.1. The van der Waals surface area contributed by atoms with E-state index < -0.39 is 12.8 Å². The lowest BCUT2D eigenvalue weighted by Crippen LogP contribution is -2.39. The minimum absolute atomic E-state index is 0.0895. The molecule has 1 heterocycles. The van der Waals surface area contributed by atoms with Gasteiger partial charge in [-0.2, -0.15) is 13.2 Å². The lowest BCUT2D eigenvalue weighted by atomic mass is 9.85. The Balaban J connectivity index is 1.51. The van der Waals surface area contributed by atoms with Crippen LogP contribution in [0.1, 0.15) is 32.1 Å². The van der Waals surface area contributed by atoms with Gasteiger partial charge in [0.1, 0.15) is 5.75 Å². The maximum Gasteiger partial charge on any atom is 0.422 e. The Morgan fingerprint density at radius 2 is 1.92 bits per heavy atom. The highest BCUT2D eigenvalue weighted by molar-refractivity contribution is 5.95. The minimum atomic E-state index is -4.36. The Morgan fingerprint density at radius 3 is 2.58 bits per heavy atom. The molecule has 4 nitrogen and oxygen atoms in total. The number of halogens is 3. The summed E-state index contributed by atoms with van der Waals surface area (Å²) in [7, 11) is 0. The number of nitrogens with one attached hydrogen (secondary N) is 2. The smallest absolute Gasteiger partial charge is 0.422 e. The number of hydrogen-bond acceptors (Lipinski definition) is 3. The van der Waals surface area contributed by atoms with Crippen molar-refractivity contribution >= 4 is 11.6 Å². The van der Waals surface area contributed by atoms with Gasteiger partial charge in [0.25, 0.3) is 0 Å². The summed E-state index contributed by atoms with van der Waals surface area (Å²) in [5.74, 6) is 0.608. The van der Waals surface area contributed by atoms with Gasteiger partial charge in [0.05, 0.1) is 6.04 Å². The molecule has 2 aliphatic rings. The molecule has 3 unspecified atom stereocenters. The van der Waals surface area contributed by atoms with Crippen molar-refractivity contribution in [1.29, 1.82) is 0 Å². The SMILES string of the molecule is O=C(Nc1ccc(OCC(F)(F)F)cc1)C1CC2CCCCC2N1. The van der Waals surface area contributed by atoms with Gasteiger partial charge in [-0.15, -0.1) is 0 Å². The van der Waals surface area contributed by atoms with Gasteiger partial charge >= 0.3 is 6.18 Å². The van der Waals surface area contributed by atoms with Crippen LogP contribution in [0, 0.1) is 5.92 Å². The number of benzene rings is 1. The fourth-order valence-corrected chi connectivity index (χ4v) is 3.55. The van der Waals surface area contributed by atoms with Crippen molar-refractivity contribution in [3.8, 4) is 5.75 Å². The number of anilines is 1. The van der Waals surface area contributed by atoms with E-state index in [2.05, 4.69) is 15.4 Å². The predicted molar refractivity (Wildman–Crippen MR) is 83.9 cm³/mol. The second-order valence-electron chi connectivity index (χ2n) is 6.52. The Bertz CT molecular complexity index is 560. The maximum absolute atomic E-state index is 12.3. The topological polar surface area (TPSA) is 50.4 Å². The zero-order valence-corrected chi connectivity index (χ0v) is 13.2. The number of ether oxygens (including phenoxy) is 1. The molecule has 3 atom stereocenters. The third-order valence-corrected chi connectivity index (χ3v) is 4.70. The molecule has 0 spiro atoms. The summed E-state index contributed by atoms with van der Waals surface area (Å²) in [6.45, 7) is -1.33. The summed E-state index contributed by atoms with van der Waals surface area (Å²) in [5, 5.41) is 6.21. The number of amides is 1. The summed E-state index contributed by atoms with van der Waals surface area (Å²) in [5.41, 5.74) is 0.552. The van der Waals surface area contributed by atoms with E-state index in [-0.39, 0.29) is 17.7 Å². The molecule has 1 aliphatic carbocycles. The first-order chi connectivity index (χ1) is 11.4. The second-order valence-corrected chi connectivity index (χ2v) is 6.52. The third-order valence-electron chi connectivity index (χ3n) is 4.70. The molecule has 132 valence electrons. The number of carbonyl (C=O) groups excluding carboxylic acids is 1. The highest BCUT2D eigenvalue weighted by Crippen LogP contribution is 2.33. The standard InChI is InChI=1S/C17H21F3N2O2/c18-17(19,20)10-24-13-7-5-12(6-8-13)21-16(23)15-9-11-3-1-2-4-14(11)22-15/h5-8,11,14-15,22H,1-4,9-10H2,(H,21,23). The number of hydrogen-bond donors (Lipinski definition) is 2. The molecule has 1 aromatic rings. The van der Waals surface area contributed by atoms with E-state index in [1.54, 1.807) is 12.1 Å². The van der Waals surface area contributed by atoms with Crippen molar-refractivity contribution < 1.29 is 22.7 Å². The molecule has 0 bridgehead atoms. The minimum Gasteiger partial charge on any atom is -0.484 e. The number of fused-ring (bicyclic) bond motifs is 1. The van der Waals surface area contributed by atoms with Gasteiger partial charge in [-0.05, 0) is 49.4 Å². The van der Waals surface area contributed by atoms with E-state index in [1.165, 1.54) is 31.4 Å². The Kier molecular flexibility index (Phi) is 4.99. The van der Waals surface area contributed by atoms with Crippen molar-refractivity contribution in [1.82, 2.24) is 5.32 Å². The normalized spacial score (nSPS) is 26.7. The molecule has 7 heteroatoms. The van der Waals surface area contributed by atoms with E-state index in [0.717, 1.165) is 12.8 Å². The van der Waals surface area contributed by atoms with Gasteiger partial charge < -0.3 is 15.4 Å². The molecular weight excluding hydrogens is 321 g/mol. The molecule has 1 amide bonds. The Hall–Kier alpha value is -1.76. The number of carbonyl (C=O) groups is 1. The molecule has 0 aromatic heterocycles. The summed E-state index contributed by atoms with van der Waals surface area (Å²) in [4.78, 5) is 12.3. The van der Waals surface area contributed by atoms with Crippen molar-refractivity contribution in [2.24, 2.45) is 5.92 Å². The fourth-order valence-electron chi connectivity index (χ4n) is 3.55. The molecule has 24 heavy (non-hydrogen) atoms. The van der Waals surface area contributed by atoms with Crippen LogP contribution in [0.5, 0.6) is 5.75 Å².